The summed E-state index contributed by atoms with van der Waals surface area (Å²) in [5.74, 6) is 0.607. The normalized spacial score (nSPS) is 10.3. The Balaban J connectivity index is 1.40. The number of nitrogens with one attached hydrogen (secondary N) is 1. The fraction of sp³-hybridized carbons (Fsp3) is 0.167. The number of Topliss-reactive ketones (excluding diaryl/α,β-unsaturated/α-hetero) is 1. The summed E-state index contributed by atoms with van der Waals surface area (Å²) in [5, 5.41) is 2.70. The minimum absolute atomic E-state index is 0.191. The van der Waals surface area contributed by atoms with Crippen LogP contribution in [0.4, 0.5) is 0 Å². The largest absolute Gasteiger partial charge is 0.457 e. The van der Waals surface area contributed by atoms with Crippen molar-refractivity contribution in [1.29, 1.82) is 0 Å². The zero-order chi connectivity index (χ0) is 19.6. The van der Waals surface area contributed by atoms with Gasteiger partial charge in [0.2, 0.25) is 5.78 Å². The Kier molecular flexibility index (Phi) is 6.96. The van der Waals surface area contributed by atoms with Crippen molar-refractivity contribution in [3.05, 3.63) is 96.1 Å². The molecular formula is C24H23NO3. The van der Waals surface area contributed by atoms with E-state index in [2.05, 4.69) is 5.32 Å². The van der Waals surface area contributed by atoms with Crippen LogP contribution in [-0.2, 0) is 22.4 Å². The summed E-state index contributed by atoms with van der Waals surface area (Å²) in [6.07, 6.45) is 1.43. The van der Waals surface area contributed by atoms with Crippen LogP contribution >= 0.6 is 0 Å². The first kappa shape index (κ1) is 19.4. The van der Waals surface area contributed by atoms with E-state index < -0.39 is 11.7 Å². The molecule has 3 aromatic rings. The van der Waals surface area contributed by atoms with Crippen LogP contribution in [-0.4, -0.2) is 18.2 Å². The Morgan fingerprint density at radius 3 is 1.93 bits per heavy atom. The van der Waals surface area contributed by atoms with Crippen LogP contribution < -0.4 is 10.1 Å². The van der Waals surface area contributed by atoms with E-state index in [1.165, 1.54) is 0 Å². The summed E-state index contributed by atoms with van der Waals surface area (Å²) in [7, 11) is 0. The maximum atomic E-state index is 12.0. The van der Waals surface area contributed by atoms with Crippen molar-refractivity contribution >= 4 is 11.7 Å². The first-order chi connectivity index (χ1) is 13.7. The van der Waals surface area contributed by atoms with Crippen LogP contribution in [0, 0.1) is 0 Å². The lowest BCUT2D eigenvalue weighted by atomic mass is 10.1. The first-order valence-electron chi connectivity index (χ1n) is 9.37. The molecule has 0 saturated heterocycles. The molecule has 0 aromatic heterocycles. The molecule has 28 heavy (non-hydrogen) atoms. The lowest BCUT2D eigenvalue weighted by Gasteiger charge is -2.07. The van der Waals surface area contributed by atoms with E-state index in [9.17, 15) is 9.59 Å². The molecule has 0 aliphatic carbocycles. The SMILES string of the molecule is O=C(CCc1ccc(Oc2ccccc2)cc1)C(=O)NCCc1ccccc1. The van der Waals surface area contributed by atoms with Crippen molar-refractivity contribution in [2.45, 2.75) is 19.3 Å². The third-order valence-corrected chi connectivity index (χ3v) is 4.34. The maximum Gasteiger partial charge on any atom is 0.287 e. The number of benzene rings is 3. The smallest absolute Gasteiger partial charge is 0.287 e. The number of hydrogen-bond donors (Lipinski definition) is 1. The van der Waals surface area contributed by atoms with Gasteiger partial charge >= 0.3 is 0 Å². The van der Waals surface area contributed by atoms with E-state index in [4.69, 9.17) is 4.74 Å². The molecule has 4 nitrogen and oxygen atoms in total. The van der Waals surface area contributed by atoms with Gasteiger partial charge in [-0.15, -0.1) is 0 Å². The standard InChI is InChI=1S/C24H23NO3/c26-23(24(27)25-18-17-19-7-3-1-4-8-19)16-13-20-11-14-22(15-12-20)28-21-9-5-2-6-10-21/h1-12,14-15H,13,16-18H2,(H,25,27). The predicted octanol–water partition coefficient (Wildman–Crippen LogP) is 4.34. The molecule has 0 bridgehead atoms. The van der Waals surface area contributed by atoms with E-state index >= 15 is 0 Å². The van der Waals surface area contributed by atoms with Gasteiger partial charge in [0, 0.05) is 13.0 Å². The van der Waals surface area contributed by atoms with Gasteiger partial charge in [0.1, 0.15) is 11.5 Å². The molecule has 0 saturated carbocycles. The predicted molar refractivity (Wildman–Crippen MR) is 109 cm³/mol. The molecule has 1 N–H and O–H groups in total. The van der Waals surface area contributed by atoms with E-state index in [1.807, 2.05) is 84.9 Å². The van der Waals surface area contributed by atoms with Crippen molar-refractivity contribution < 1.29 is 14.3 Å². The third kappa shape index (κ3) is 6.09. The van der Waals surface area contributed by atoms with Gasteiger partial charge in [-0.1, -0.05) is 60.7 Å². The van der Waals surface area contributed by atoms with Crippen molar-refractivity contribution in [3.63, 3.8) is 0 Å². The van der Waals surface area contributed by atoms with Crippen LogP contribution in [0.3, 0.4) is 0 Å². The molecule has 1 amide bonds. The van der Waals surface area contributed by atoms with Crippen LogP contribution in [0.5, 0.6) is 11.5 Å². The second-order valence-corrected chi connectivity index (χ2v) is 6.47. The number of ether oxygens (including phenoxy) is 1. The molecule has 0 aliphatic heterocycles. The van der Waals surface area contributed by atoms with Gasteiger partial charge in [0.25, 0.3) is 5.91 Å². The summed E-state index contributed by atoms with van der Waals surface area (Å²) < 4.78 is 5.75. The second-order valence-electron chi connectivity index (χ2n) is 6.47. The number of hydrogen-bond acceptors (Lipinski definition) is 3. The Bertz CT molecular complexity index is 890. The second kappa shape index (κ2) is 10.1. The van der Waals surface area contributed by atoms with Gasteiger partial charge in [-0.25, -0.2) is 0 Å². The zero-order valence-corrected chi connectivity index (χ0v) is 15.6. The van der Waals surface area contributed by atoms with Crippen LogP contribution in [0.2, 0.25) is 0 Å². The summed E-state index contributed by atoms with van der Waals surface area (Å²) in [4.78, 5) is 24.0. The first-order valence-corrected chi connectivity index (χ1v) is 9.37. The highest BCUT2D eigenvalue weighted by molar-refractivity contribution is 6.36. The topological polar surface area (TPSA) is 55.4 Å². The highest BCUT2D eigenvalue weighted by Crippen LogP contribution is 2.21. The minimum Gasteiger partial charge on any atom is -0.457 e. The number of aryl methyl sites for hydroxylation is 1. The van der Waals surface area contributed by atoms with Gasteiger partial charge in [-0.3, -0.25) is 9.59 Å². The molecule has 142 valence electrons. The average Bonchev–Trinajstić information content (AvgIpc) is 2.74. The molecule has 0 atom stereocenters. The molecule has 4 heteroatoms. The average molecular weight is 373 g/mol. The number of ketones is 1. The maximum absolute atomic E-state index is 12.0. The fourth-order valence-electron chi connectivity index (χ4n) is 2.78. The number of rotatable bonds is 9. The van der Waals surface area contributed by atoms with Crippen molar-refractivity contribution in [1.82, 2.24) is 5.32 Å². The molecular weight excluding hydrogens is 350 g/mol. The lowest BCUT2D eigenvalue weighted by molar-refractivity contribution is -0.137. The minimum atomic E-state index is -0.514. The monoisotopic (exact) mass is 373 g/mol. The van der Waals surface area contributed by atoms with Crippen molar-refractivity contribution in [3.8, 4) is 11.5 Å². The molecule has 0 fully saturated rings. The summed E-state index contributed by atoms with van der Waals surface area (Å²) >= 11 is 0. The quantitative estimate of drug-likeness (QED) is 0.568. The third-order valence-electron chi connectivity index (χ3n) is 4.34. The van der Waals surface area contributed by atoms with Gasteiger partial charge in [-0.05, 0) is 48.2 Å². The molecule has 0 heterocycles. The molecule has 0 spiro atoms. The molecule has 0 unspecified atom stereocenters. The van der Waals surface area contributed by atoms with Crippen molar-refractivity contribution in [2.24, 2.45) is 0 Å². The highest BCUT2D eigenvalue weighted by atomic mass is 16.5. The van der Waals surface area contributed by atoms with E-state index in [-0.39, 0.29) is 6.42 Å². The Hall–Kier alpha value is -3.40. The van der Waals surface area contributed by atoms with Gasteiger partial charge < -0.3 is 10.1 Å². The number of carbonyl (C=O) groups excluding carboxylic acids is 2. The summed E-state index contributed by atoms with van der Waals surface area (Å²) in [5.41, 5.74) is 2.12. The summed E-state index contributed by atoms with van der Waals surface area (Å²) in [6, 6.07) is 27.0. The molecule has 3 aromatic carbocycles. The van der Waals surface area contributed by atoms with Gasteiger partial charge in [0.05, 0.1) is 0 Å². The van der Waals surface area contributed by atoms with Crippen LogP contribution in [0.15, 0.2) is 84.9 Å². The Morgan fingerprint density at radius 1 is 0.679 bits per heavy atom. The van der Waals surface area contributed by atoms with Crippen LogP contribution in [0.25, 0.3) is 0 Å². The Morgan fingerprint density at radius 2 is 1.25 bits per heavy atom. The molecule has 3 rings (SSSR count). The van der Waals surface area contributed by atoms with E-state index in [0.717, 1.165) is 22.6 Å². The molecule has 0 radical (unpaired) electrons. The molecule has 0 aliphatic rings. The van der Waals surface area contributed by atoms with Gasteiger partial charge in [0.15, 0.2) is 0 Å². The van der Waals surface area contributed by atoms with E-state index in [1.54, 1.807) is 0 Å². The summed E-state index contributed by atoms with van der Waals surface area (Å²) in [6.45, 7) is 0.458. The lowest BCUT2D eigenvalue weighted by Crippen LogP contribution is -2.32. The zero-order valence-electron chi connectivity index (χ0n) is 15.6. The number of carbonyl (C=O) groups is 2. The number of para-hydroxylation sites is 1. The van der Waals surface area contributed by atoms with Crippen LogP contribution in [0.1, 0.15) is 17.5 Å². The Labute approximate surface area is 165 Å². The van der Waals surface area contributed by atoms with E-state index in [0.29, 0.717) is 19.4 Å². The fourth-order valence-corrected chi connectivity index (χ4v) is 2.78. The van der Waals surface area contributed by atoms with Crippen molar-refractivity contribution in [2.75, 3.05) is 6.54 Å². The van der Waals surface area contributed by atoms with Gasteiger partial charge in [-0.2, -0.15) is 0 Å². The highest BCUT2D eigenvalue weighted by Gasteiger charge is 2.13. The number of amides is 1.